The Morgan fingerprint density at radius 2 is 1.72 bits per heavy atom. The van der Waals surface area contributed by atoms with Crippen molar-refractivity contribution in [1.82, 2.24) is 5.32 Å². The quantitative estimate of drug-likeness (QED) is 0.204. The van der Waals surface area contributed by atoms with Crippen molar-refractivity contribution < 1.29 is 32.8 Å². The van der Waals surface area contributed by atoms with Crippen LogP contribution in [0.4, 0.5) is 18.9 Å². The van der Waals surface area contributed by atoms with Crippen molar-refractivity contribution in [3.63, 3.8) is 0 Å². The molecule has 2 aromatic carbocycles. The van der Waals surface area contributed by atoms with E-state index in [9.17, 15) is 38.0 Å². The fourth-order valence-corrected chi connectivity index (χ4v) is 3.26. The molecule has 0 fully saturated rings. The number of carbonyl (C=O) groups excluding carboxylic acids is 1. The maximum absolute atomic E-state index is 13.0. The second-order valence-corrected chi connectivity index (χ2v) is 8.62. The van der Waals surface area contributed by atoms with Crippen LogP contribution in [0.15, 0.2) is 52.7 Å². The van der Waals surface area contributed by atoms with Crippen molar-refractivity contribution in [2.45, 2.75) is 15.9 Å². The normalized spacial score (nSPS) is 14.7. The molecule has 0 radical (unpaired) electrons. The van der Waals surface area contributed by atoms with Crippen molar-refractivity contribution in [2.75, 3.05) is 6.54 Å². The molecule has 2 N–H and O–H groups in total. The van der Waals surface area contributed by atoms with Crippen LogP contribution in [-0.2, 0) is 9.74 Å². The molecule has 32 heavy (non-hydrogen) atoms. The Morgan fingerprint density at radius 3 is 2.19 bits per heavy atom. The Hall–Kier alpha value is -3.13. The molecule has 168 valence electrons. The first-order valence-corrected chi connectivity index (χ1v) is 9.54. The van der Waals surface area contributed by atoms with E-state index < -0.39 is 44.0 Å². The summed E-state index contributed by atoms with van der Waals surface area (Å²) >= 11 is 8.59. The molecular weight excluding hydrogens is 473 g/mol. The highest BCUT2D eigenvalue weighted by atomic mass is 32.2. The number of hydrogen-bond acceptors (Lipinski definition) is 8. The third kappa shape index (κ3) is 4.41. The highest BCUT2D eigenvalue weighted by Crippen LogP contribution is 2.52. The lowest BCUT2D eigenvalue weighted by Gasteiger charge is -2.24. The van der Waals surface area contributed by atoms with Gasteiger partial charge in [-0.15, -0.1) is 10.2 Å². The second kappa shape index (κ2) is 8.09. The van der Waals surface area contributed by atoms with Gasteiger partial charge in [-0.2, -0.15) is 38.4 Å². The predicted octanol–water partition coefficient (Wildman–Crippen LogP) is 3.92. The molecule has 1 aliphatic heterocycles. The summed E-state index contributed by atoms with van der Waals surface area (Å²) in [6.45, 7) is -0.242. The van der Waals surface area contributed by atoms with Gasteiger partial charge < -0.3 is 10.4 Å². The zero-order valence-electron chi connectivity index (χ0n) is 15.7. The van der Waals surface area contributed by atoms with Crippen LogP contribution >= 0.6 is 25.3 Å². The summed E-state index contributed by atoms with van der Waals surface area (Å²) in [6.07, 6.45) is -4.69. The first-order valence-electron chi connectivity index (χ1n) is 8.65. The molecule has 0 unspecified atom stereocenters. The van der Waals surface area contributed by atoms with Gasteiger partial charge in [0.15, 0.2) is 0 Å². The second-order valence-electron chi connectivity index (χ2n) is 6.74. The first kappa shape index (κ1) is 23.5. The summed E-state index contributed by atoms with van der Waals surface area (Å²) in [4.78, 5) is 33.8. The van der Waals surface area contributed by atoms with E-state index in [4.69, 9.17) is 0 Å². The van der Waals surface area contributed by atoms with Crippen LogP contribution in [0.2, 0.25) is 0 Å². The van der Waals surface area contributed by atoms with Crippen molar-refractivity contribution in [1.29, 1.82) is 0 Å². The van der Waals surface area contributed by atoms with Gasteiger partial charge in [-0.1, -0.05) is 12.1 Å². The Morgan fingerprint density at radius 1 is 1.12 bits per heavy atom. The molecule has 0 aromatic heterocycles. The topological polar surface area (TPSA) is 134 Å². The molecule has 2 aromatic rings. The lowest BCUT2D eigenvalue weighted by Crippen LogP contribution is -2.34. The van der Waals surface area contributed by atoms with Gasteiger partial charge in [-0.3, -0.25) is 14.9 Å². The summed E-state index contributed by atoms with van der Waals surface area (Å²) in [6, 6.07) is 7.80. The lowest BCUT2D eigenvalue weighted by molar-refractivity contribution is -0.385. The molecule has 0 spiro atoms. The number of nitrogens with one attached hydrogen (secondary N) is 1. The van der Waals surface area contributed by atoms with E-state index in [2.05, 4.69) is 40.8 Å². The summed E-state index contributed by atoms with van der Waals surface area (Å²) in [5, 5.41) is 28.8. The van der Waals surface area contributed by atoms with E-state index in [1.165, 1.54) is 18.2 Å². The zero-order chi connectivity index (χ0) is 23.9. The Balaban J connectivity index is 1.72. The summed E-state index contributed by atoms with van der Waals surface area (Å²) < 4.78 is 37.7. The molecule has 1 aliphatic rings. The number of nitrogens with zero attached hydrogens (tertiary/aromatic N) is 3. The fourth-order valence-electron chi connectivity index (χ4n) is 2.82. The Bertz CT molecular complexity index is 1130. The van der Waals surface area contributed by atoms with Crippen molar-refractivity contribution >= 4 is 42.8 Å². The van der Waals surface area contributed by atoms with Crippen LogP contribution in [0.1, 0.15) is 31.8 Å². The van der Waals surface area contributed by atoms with Gasteiger partial charge in [0.1, 0.15) is 5.56 Å². The minimum atomic E-state index is -4.69. The molecule has 0 saturated carbocycles. The smallest absolute Gasteiger partial charge is 0.442 e. The molecule has 3 rings (SSSR count). The molecule has 9 nitrogen and oxygen atoms in total. The van der Waals surface area contributed by atoms with Crippen LogP contribution in [0, 0.1) is 10.1 Å². The summed E-state index contributed by atoms with van der Waals surface area (Å²) in [7, 11) is 0. The Kier molecular flexibility index (Phi) is 5.95. The molecule has 1 amide bonds. The van der Waals surface area contributed by atoms with E-state index in [0.717, 1.165) is 24.3 Å². The lowest BCUT2D eigenvalue weighted by atomic mass is 10.0. The highest BCUT2D eigenvalue weighted by molar-refractivity contribution is 7.99. The van der Waals surface area contributed by atoms with E-state index in [1.807, 2.05) is 0 Å². The molecule has 0 bridgehead atoms. The van der Waals surface area contributed by atoms with Crippen LogP contribution in [-0.4, -0.2) is 34.6 Å². The highest BCUT2D eigenvalue weighted by Gasteiger charge is 2.65. The maximum atomic E-state index is 13.0. The standard InChI is InChI=1S/C18H13F3N4O5S2/c19-18(20,21)17(23-24-17)10-3-1-9(2-4-10)14(26)22-8-16(31,32)11-5-6-13(25(29)30)12(7-11)15(27)28/h1-7,31-32H,8H2,(H,22,26)(H,27,28). The summed E-state index contributed by atoms with van der Waals surface area (Å²) in [5.74, 6) is -2.18. The van der Waals surface area contributed by atoms with Gasteiger partial charge in [0.2, 0.25) is 0 Å². The monoisotopic (exact) mass is 486 g/mol. The van der Waals surface area contributed by atoms with E-state index >= 15 is 0 Å². The van der Waals surface area contributed by atoms with Crippen molar-refractivity contribution in [3.8, 4) is 0 Å². The average Bonchev–Trinajstić information content (AvgIpc) is 3.54. The number of halogens is 3. The minimum Gasteiger partial charge on any atom is -0.477 e. The number of carbonyl (C=O) groups is 2. The van der Waals surface area contributed by atoms with E-state index in [0.29, 0.717) is 0 Å². The molecule has 14 heteroatoms. The number of benzene rings is 2. The Labute approximate surface area is 188 Å². The van der Waals surface area contributed by atoms with Crippen molar-refractivity contribution in [2.24, 2.45) is 10.2 Å². The number of amides is 1. The number of hydrogen-bond donors (Lipinski definition) is 4. The van der Waals surface area contributed by atoms with Gasteiger partial charge in [0, 0.05) is 23.7 Å². The van der Waals surface area contributed by atoms with E-state index in [-0.39, 0.29) is 23.2 Å². The number of nitro benzene ring substituents is 1. The third-order valence-electron chi connectivity index (χ3n) is 4.63. The number of carboxylic acid groups (broad SMARTS) is 1. The van der Waals surface area contributed by atoms with Gasteiger partial charge in [-0.25, -0.2) is 4.79 Å². The summed E-state index contributed by atoms with van der Waals surface area (Å²) in [5.41, 5.74) is -3.80. The number of thiol groups is 2. The minimum absolute atomic E-state index is 0.0408. The van der Waals surface area contributed by atoms with Gasteiger partial charge in [0.25, 0.3) is 11.6 Å². The zero-order valence-corrected chi connectivity index (χ0v) is 17.5. The van der Waals surface area contributed by atoms with Crippen molar-refractivity contribution in [3.05, 3.63) is 74.8 Å². The number of aromatic carboxylic acids is 1. The van der Waals surface area contributed by atoms with Gasteiger partial charge in [0.05, 0.1) is 9.00 Å². The van der Waals surface area contributed by atoms with Gasteiger partial charge in [-0.05, 0) is 29.8 Å². The van der Waals surface area contributed by atoms with Crippen LogP contribution in [0.3, 0.4) is 0 Å². The predicted molar refractivity (Wildman–Crippen MR) is 111 cm³/mol. The molecular formula is C18H13F3N4O5S2. The number of nitro groups is 1. The van der Waals surface area contributed by atoms with Crippen LogP contribution in [0.25, 0.3) is 0 Å². The average molecular weight is 486 g/mol. The number of rotatable bonds is 7. The number of carboxylic acids is 1. The maximum Gasteiger partial charge on any atom is 0.442 e. The molecule has 0 atom stereocenters. The first-order chi connectivity index (χ1) is 14.8. The molecule has 1 heterocycles. The molecule has 0 aliphatic carbocycles. The SMILES string of the molecule is O=C(NCC(S)(S)c1ccc([N+](=O)[O-])c(C(=O)O)c1)c1ccc(C2(C(F)(F)F)N=N2)cc1. The van der Waals surface area contributed by atoms with Crippen LogP contribution in [0.5, 0.6) is 0 Å². The molecule has 0 saturated heterocycles. The van der Waals surface area contributed by atoms with Gasteiger partial charge >= 0.3 is 17.8 Å². The third-order valence-corrected chi connectivity index (χ3v) is 5.46. The fraction of sp³-hybridized carbons (Fsp3) is 0.222. The van der Waals surface area contributed by atoms with Crippen LogP contribution < -0.4 is 5.32 Å². The largest absolute Gasteiger partial charge is 0.477 e. The van der Waals surface area contributed by atoms with E-state index in [1.54, 1.807) is 0 Å². The number of alkyl halides is 3.